The Kier molecular flexibility index (Phi) is 7.93. The molecule has 2 aromatic rings. The van der Waals surface area contributed by atoms with Crippen molar-refractivity contribution < 1.29 is 22.4 Å². The summed E-state index contributed by atoms with van der Waals surface area (Å²) in [7, 11) is -3.98. The maximum atomic E-state index is 12.9. The van der Waals surface area contributed by atoms with Gasteiger partial charge in [-0.2, -0.15) is 0 Å². The van der Waals surface area contributed by atoms with Crippen molar-refractivity contribution >= 4 is 38.7 Å². The number of benzene rings is 2. The van der Waals surface area contributed by atoms with E-state index in [0.29, 0.717) is 5.69 Å². The van der Waals surface area contributed by atoms with Crippen LogP contribution in [-0.4, -0.2) is 44.8 Å². The Labute approximate surface area is 176 Å². The maximum absolute atomic E-state index is 12.9. The van der Waals surface area contributed by atoms with Gasteiger partial charge in [0.05, 0.1) is 0 Å². The summed E-state index contributed by atoms with van der Waals surface area (Å²) < 4.78 is 37.3. The van der Waals surface area contributed by atoms with Gasteiger partial charge in [-0.1, -0.05) is 0 Å². The largest absolute Gasteiger partial charge is 0.372 e. The number of aryl methyl sites for hydroxylation is 1. The first-order chi connectivity index (χ1) is 14.1. The lowest BCUT2D eigenvalue weighted by atomic mass is 10.1. The van der Waals surface area contributed by atoms with E-state index in [9.17, 15) is 22.4 Å². The third kappa shape index (κ3) is 6.84. The molecule has 0 aromatic heterocycles. The quantitative estimate of drug-likeness (QED) is 0.631. The Balaban J connectivity index is 1.95. The Morgan fingerprint density at radius 3 is 2.03 bits per heavy atom. The number of anilines is 3. The van der Waals surface area contributed by atoms with Crippen LogP contribution in [0, 0.1) is 12.7 Å². The molecule has 0 atom stereocenters. The Morgan fingerprint density at radius 2 is 1.50 bits per heavy atom. The first-order valence-corrected chi connectivity index (χ1v) is 11.4. The molecule has 30 heavy (non-hydrogen) atoms. The molecule has 2 aromatic carbocycles. The van der Waals surface area contributed by atoms with E-state index in [0.717, 1.165) is 36.5 Å². The van der Waals surface area contributed by atoms with Crippen LogP contribution in [0.5, 0.6) is 0 Å². The molecule has 0 bridgehead atoms. The number of amides is 2. The zero-order chi connectivity index (χ0) is 22.3. The van der Waals surface area contributed by atoms with Gasteiger partial charge >= 0.3 is 0 Å². The predicted molar refractivity (Wildman–Crippen MR) is 117 cm³/mol. The fourth-order valence-electron chi connectivity index (χ4n) is 2.94. The van der Waals surface area contributed by atoms with Crippen LogP contribution in [0.1, 0.15) is 19.4 Å². The van der Waals surface area contributed by atoms with Crippen molar-refractivity contribution in [3.63, 3.8) is 0 Å². The minimum absolute atomic E-state index is 0.268. The van der Waals surface area contributed by atoms with Crippen LogP contribution in [-0.2, 0) is 19.4 Å². The summed E-state index contributed by atoms with van der Waals surface area (Å²) in [5.74, 6) is -3.66. The van der Waals surface area contributed by atoms with Gasteiger partial charge in [-0.3, -0.25) is 9.59 Å². The molecule has 9 heteroatoms. The Bertz CT molecular complexity index is 1000. The highest BCUT2D eigenvalue weighted by atomic mass is 32.2. The zero-order valence-electron chi connectivity index (χ0n) is 17.2. The summed E-state index contributed by atoms with van der Waals surface area (Å²) in [6.45, 7) is 7.62. The van der Waals surface area contributed by atoms with E-state index in [-0.39, 0.29) is 5.69 Å². The van der Waals surface area contributed by atoms with Crippen LogP contribution in [0.15, 0.2) is 42.5 Å². The molecular weight excluding hydrogens is 409 g/mol. The second-order valence-corrected chi connectivity index (χ2v) is 8.87. The van der Waals surface area contributed by atoms with Gasteiger partial charge < -0.3 is 15.5 Å². The highest BCUT2D eigenvalue weighted by molar-refractivity contribution is 7.92. The smallest absolute Gasteiger partial charge is 0.239 e. The number of nitrogens with zero attached hydrogens (tertiary/aromatic N) is 1. The van der Waals surface area contributed by atoms with Crippen LogP contribution in [0.4, 0.5) is 21.5 Å². The van der Waals surface area contributed by atoms with E-state index >= 15 is 0 Å². The van der Waals surface area contributed by atoms with Crippen molar-refractivity contribution in [2.45, 2.75) is 20.8 Å². The monoisotopic (exact) mass is 435 g/mol. The number of sulfone groups is 1. The van der Waals surface area contributed by atoms with E-state index < -0.39 is 39.0 Å². The first-order valence-electron chi connectivity index (χ1n) is 9.54. The number of carbonyl (C=O) groups is 2. The fraction of sp³-hybridized carbons (Fsp3) is 0.333. The minimum Gasteiger partial charge on any atom is -0.372 e. The molecule has 0 saturated heterocycles. The summed E-state index contributed by atoms with van der Waals surface area (Å²) >= 11 is 0. The molecule has 0 aliphatic carbocycles. The molecular formula is C21H26FN3O4S. The first kappa shape index (κ1) is 23.3. The van der Waals surface area contributed by atoms with Gasteiger partial charge in [-0.15, -0.1) is 0 Å². The van der Waals surface area contributed by atoms with Gasteiger partial charge in [0.15, 0.2) is 9.84 Å². The van der Waals surface area contributed by atoms with Gasteiger partial charge in [-0.25, -0.2) is 12.8 Å². The number of halogens is 1. The van der Waals surface area contributed by atoms with Crippen LogP contribution >= 0.6 is 0 Å². The molecule has 0 radical (unpaired) electrons. The number of hydrogen-bond donors (Lipinski definition) is 2. The zero-order valence-corrected chi connectivity index (χ0v) is 18.1. The molecule has 0 unspecified atom stereocenters. The van der Waals surface area contributed by atoms with Crippen molar-refractivity contribution in [1.29, 1.82) is 0 Å². The normalized spacial score (nSPS) is 11.1. The van der Waals surface area contributed by atoms with Gasteiger partial charge in [0.25, 0.3) is 0 Å². The van der Waals surface area contributed by atoms with E-state index in [1.54, 1.807) is 6.07 Å². The lowest BCUT2D eigenvalue weighted by molar-refractivity contribution is -0.114. The number of hydrogen-bond acceptors (Lipinski definition) is 5. The highest BCUT2D eigenvalue weighted by Gasteiger charge is 2.21. The third-order valence-electron chi connectivity index (χ3n) is 4.44. The molecule has 2 N–H and O–H groups in total. The van der Waals surface area contributed by atoms with Crippen molar-refractivity contribution in [1.82, 2.24) is 0 Å². The summed E-state index contributed by atoms with van der Waals surface area (Å²) in [6.07, 6.45) is 0. The van der Waals surface area contributed by atoms with Gasteiger partial charge in [0.2, 0.25) is 11.8 Å². The lowest BCUT2D eigenvalue weighted by Gasteiger charge is -2.22. The van der Waals surface area contributed by atoms with E-state index in [1.807, 2.05) is 32.9 Å². The van der Waals surface area contributed by atoms with Crippen molar-refractivity contribution in [2.24, 2.45) is 0 Å². The average molecular weight is 436 g/mol. The van der Waals surface area contributed by atoms with E-state index in [1.165, 1.54) is 12.1 Å². The number of rotatable bonds is 9. The summed E-state index contributed by atoms with van der Waals surface area (Å²) in [4.78, 5) is 26.3. The molecule has 162 valence electrons. The highest BCUT2D eigenvalue weighted by Crippen LogP contribution is 2.22. The van der Waals surface area contributed by atoms with Crippen molar-refractivity contribution in [3.8, 4) is 0 Å². The van der Waals surface area contributed by atoms with Gasteiger partial charge in [0.1, 0.15) is 17.3 Å². The molecule has 7 nitrogen and oxygen atoms in total. The van der Waals surface area contributed by atoms with Crippen LogP contribution in [0.25, 0.3) is 0 Å². The van der Waals surface area contributed by atoms with E-state index in [4.69, 9.17) is 0 Å². The summed E-state index contributed by atoms with van der Waals surface area (Å²) in [6, 6.07) is 10.4. The Hall–Kier alpha value is -2.94. The second-order valence-electron chi connectivity index (χ2n) is 6.81. The van der Waals surface area contributed by atoms with Crippen LogP contribution in [0.2, 0.25) is 0 Å². The van der Waals surface area contributed by atoms with Gasteiger partial charge in [-0.05, 0) is 68.8 Å². The topological polar surface area (TPSA) is 95.6 Å². The fourth-order valence-corrected chi connectivity index (χ4v) is 3.99. The van der Waals surface area contributed by atoms with Crippen molar-refractivity contribution in [3.05, 3.63) is 53.8 Å². The SMILES string of the molecule is CCN(CC)c1ccc(NC(=O)CS(=O)(=O)CC(=O)Nc2ccc(F)cc2)c(C)c1. The third-order valence-corrected chi connectivity index (χ3v) is 5.85. The van der Waals surface area contributed by atoms with Gasteiger partial charge in [0, 0.05) is 30.2 Å². The maximum Gasteiger partial charge on any atom is 0.239 e. The second kappa shape index (κ2) is 10.2. The molecule has 0 heterocycles. The molecule has 2 rings (SSSR count). The van der Waals surface area contributed by atoms with Crippen molar-refractivity contribution in [2.75, 3.05) is 40.1 Å². The molecule has 2 amide bonds. The van der Waals surface area contributed by atoms with Crippen LogP contribution < -0.4 is 15.5 Å². The summed E-state index contributed by atoms with van der Waals surface area (Å²) in [5, 5.41) is 4.95. The predicted octanol–water partition coefficient (Wildman–Crippen LogP) is 2.97. The van der Waals surface area contributed by atoms with Crippen LogP contribution in [0.3, 0.4) is 0 Å². The lowest BCUT2D eigenvalue weighted by Crippen LogP contribution is -2.30. The number of nitrogens with one attached hydrogen (secondary N) is 2. The molecule has 0 aliphatic heterocycles. The molecule has 0 fully saturated rings. The standard InChI is InChI=1S/C21H26FN3O4S/c1-4-25(5-2)18-10-11-19(15(3)12-18)24-21(27)14-30(28,29)13-20(26)23-17-8-6-16(22)7-9-17/h6-12H,4-5,13-14H2,1-3H3,(H,23,26)(H,24,27). The van der Waals surface area contributed by atoms with E-state index in [2.05, 4.69) is 15.5 Å². The summed E-state index contributed by atoms with van der Waals surface area (Å²) in [5.41, 5.74) is 2.60. The molecule has 0 saturated carbocycles. The minimum atomic E-state index is -3.98. The Morgan fingerprint density at radius 1 is 0.933 bits per heavy atom. The molecule has 0 spiro atoms. The number of carbonyl (C=O) groups excluding carboxylic acids is 2. The average Bonchev–Trinajstić information content (AvgIpc) is 2.65. The molecule has 0 aliphatic rings.